The first-order chi connectivity index (χ1) is 9.58. The lowest BCUT2D eigenvalue weighted by Crippen LogP contribution is -2.25. The summed E-state index contributed by atoms with van der Waals surface area (Å²) in [6, 6.07) is 14.3. The second kappa shape index (κ2) is 7.25. The Kier molecular flexibility index (Phi) is 5.64. The molecule has 2 N–H and O–H groups in total. The molecule has 0 fully saturated rings. The summed E-state index contributed by atoms with van der Waals surface area (Å²) in [6.45, 7) is 0. The Labute approximate surface area is 136 Å². The molecule has 4 heteroatoms. The number of hydrogen-bond donors (Lipinski definition) is 1. The topological polar surface area (TPSA) is 35.2 Å². The molecule has 2 rings (SSSR count). The number of rotatable bonds is 5. The van der Waals surface area contributed by atoms with Gasteiger partial charge < -0.3 is 10.5 Å². The van der Waals surface area contributed by atoms with E-state index in [9.17, 15) is 0 Å². The maximum absolute atomic E-state index is 6.27. The summed E-state index contributed by atoms with van der Waals surface area (Å²) in [4.78, 5) is 0. The van der Waals surface area contributed by atoms with Gasteiger partial charge in [-0.1, -0.05) is 44.0 Å². The average Bonchev–Trinajstić information content (AvgIpc) is 2.41. The molecular formula is C16H17Br2NO. The lowest BCUT2D eigenvalue weighted by atomic mass is 10.00. The third-order valence-corrected chi connectivity index (χ3v) is 4.39. The second-order valence-corrected chi connectivity index (χ2v) is 6.53. The van der Waals surface area contributed by atoms with E-state index in [0.29, 0.717) is 0 Å². The fourth-order valence-corrected chi connectivity index (χ4v) is 3.01. The van der Waals surface area contributed by atoms with Crippen molar-refractivity contribution in [2.75, 3.05) is 7.11 Å². The third kappa shape index (κ3) is 4.33. The number of ether oxygens (including phenoxy) is 1. The van der Waals surface area contributed by atoms with Crippen LogP contribution >= 0.6 is 31.9 Å². The monoisotopic (exact) mass is 397 g/mol. The highest BCUT2D eigenvalue weighted by atomic mass is 79.9. The van der Waals surface area contributed by atoms with Crippen molar-refractivity contribution in [1.29, 1.82) is 0 Å². The van der Waals surface area contributed by atoms with Gasteiger partial charge in [-0.15, -0.1) is 0 Å². The summed E-state index contributed by atoms with van der Waals surface area (Å²) in [6.07, 6.45) is 1.66. The van der Waals surface area contributed by atoms with E-state index in [1.807, 2.05) is 30.3 Å². The maximum atomic E-state index is 6.27. The number of benzene rings is 2. The van der Waals surface area contributed by atoms with Crippen molar-refractivity contribution < 1.29 is 4.74 Å². The number of nitrogens with two attached hydrogens (primary N) is 1. The van der Waals surface area contributed by atoms with Gasteiger partial charge in [0.1, 0.15) is 5.75 Å². The second-order valence-electron chi connectivity index (χ2n) is 4.76. The molecule has 2 aromatic carbocycles. The largest absolute Gasteiger partial charge is 0.497 e. The Balaban J connectivity index is 2.06. The van der Waals surface area contributed by atoms with Crippen LogP contribution in [0.5, 0.6) is 5.75 Å². The summed E-state index contributed by atoms with van der Waals surface area (Å²) in [5, 5.41) is 0. The van der Waals surface area contributed by atoms with Gasteiger partial charge in [-0.2, -0.15) is 0 Å². The van der Waals surface area contributed by atoms with Gasteiger partial charge in [0.15, 0.2) is 0 Å². The molecule has 0 heterocycles. The van der Waals surface area contributed by atoms with Crippen molar-refractivity contribution >= 4 is 31.9 Å². The molecule has 0 radical (unpaired) electrons. The van der Waals surface area contributed by atoms with Gasteiger partial charge in [0.2, 0.25) is 0 Å². The SMILES string of the molecule is COc1ccc(Br)c(CC(N)Cc2cccc(Br)c2)c1. The summed E-state index contributed by atoms with van der Waals surface area (Å²) in [5.74, 6) is 0.859. The molecule has 1 atom stereocenters. The Morgan fingerprint density at radius 2 is 1.90 bits per heavy atom. The molecule has 106 valence electrons. The van der Waals surface area contributed by atoms with Crippen molar-refractivity contribution in [2.24, 2.45) is 5.73 Å². The first-order valence-electron chi connectivity index (χ1n) is 6.41. The van der Waals surface area contributed by atoms with E-state index in [1.54, 1.807) is 7.11 Å². The third-order valence-electron chi connectivity index (χ3n) is 3.12. The van der Waals surface area contributed by atoms with Crippen LogP contribution in [0, 0.1) is 0 Å². The van der Waals surface area contributed by atoms with Crippen molar-refractivity contribution in [1.82, 2.24) is 0 Å². The molecule has 0 amide bonds. The van der Waals surface area contributed by atoms with Crippen LogP contribution in [0.25, 0.3) is 0 Å². The molecule has 0 spiro atoms. The summed E-state index contributed by atoms with van der Waals surface area (Å²) < 4.78 is 7.42. The zero-order valence-electron chi connectivity index (χ0n) is 11.3. The van der Waals surface area contributed by atoms with Crippen molar-refractivity contribution in [3.05, 3.63) is 62.5 Å². The van der Waals surface area contributed by atoms with Gasteiger partial charge in [0, 0.05) is 15.0 Å². The van der Waals surface area contributed by atoms with Crippen LogP contribution in [-0.2, 0) is 12.8 Å². The van der Waals surface area contributed by atoms with E-state index in [0.717, 1.165) is 27.5 Å². The number of halogens is 2. The highest BCUT2D eigenvalue weighted by Gasteiger charge is 2.09. The van der Waals surface area contributed by atoms with E-state index < -0.39 is 0 Å². The predicted molar refractivity (Wildman–Crippen MR) is 90.2 cm³/mol. The molecule has 0 aromatic heterocycles. The Hall–Kier alpha value is -0.840. The molecular weight excluding hydrogens is 382 g/mol. The van der Waals surface area contributed by atoms with E-state index in [-0.39, 0.29) is 6.04 Å². The minimum Gasteiger partial charge on any atom is -0.497 e. The Morgan fingerprint density at radius 3 is 2.60 bits per heavy atom. The molecule has 20 heavy (non-hydrogen) atoms. The average molecular weight is 399 g/mol. The minimum absolute atomic E-state index is 0.0766. The van der Waals surface area contributed by atoms with Crippen LogP contribution in [0.3, 0.4) is 0 Å². The van der Waals surface area contributed by atoms with Crippen LogP contribution < -0.4 is 10.5 Å². The number of methoxy groups -OCH3 is 1. The lowest BCUT2D eigenvalue weighted by Gasteiger charge is -2.14. The highest BCUT2D eigenvalue weighted by Crippen LogP contribution is 2.24. The standard InChI is InChI=1S/C16H17Br2NO/c1-20-15-5-6-16(18)12(10-15)9-14(19)8-11-3-2-4-13(17)7-11/h2-7,10,14H,8-9,19H2,1H3. The molecule has 0 aliphatic carbocycles. The molecule has 2 nitrogen and oxygen atoms in total. The molecule has 0 aliphatic rings. The molecule has 1 unspecified atom stereocenters. The summed E-state index contributed by atoms with van der Waals surface area (Å²) in [7, 11) is 1.68. The first kappa shape index (κ1) is 15.5. The zero-order valence-corrected chi connectivity index (χ0v) is 14.4. The fraction of sp³-hybridized carbons (Fsp3) is 0.250. The normalized spacial score (nSPS) is 12.2. The van der Waals surface area contributed by atoms with E-state index in [2.05, 4.69) is 44.0 Å². The maximum Gasteiger partial charge on any atom is 0.119 e. The summed E-state index contributed by atoms with van der Waals surface area (Å²) >= 11 is 7.05. The summed E-state index contributed by atoms with van der Waals surface area (Å²) in [5.41, 5.74) is 8.69. The Bertz CT molecular complexity index is 586. The first-order valence-corrected chi connectivity index (χ1v) is 7.99. The quantitative estimate of drug-likeness (QED) is 0.813. The van der Waals surface area contributed by atoms with Crippen LogP contribution in [-0.4, -0.2) is 13.2 Å². The van der Waals surface area contributed by atoms with Crippen molar-refractivity contribution in [3.63, 3.8) is 0 Å². The minimum atomic E-state index is 0.0766. The highest BCUT2D eigenvalue weighted by molar-refractivity contribution is 9.10. The Morgan fingerprint density at radius 1 is 1.10 bits per heavy atom. The van der Waals surface area contributed by atoms with Gasteiger partial charge in [0.05, 0.1) is 7.11 Å². The van der Waals surface area contributed by atoms with E-state index in [4.69, 9.17) is 10.5 Å². The lowest BCUT2D eigenvalue weighted by molar-refractivity contribution is 0.414. The van der Waals surface area contributed by atoms with Gasteiger partial charge >= 0.3 is 0 Å². The molecule has 2 aromatic rings. The molecule has 0 saturated carbocycles. The fourth-order valence-electron chi connectivity index (χ4n) is 2.16. The van der Waals surface area contributed by atoms with Crippen LogP contribution in [0.2, 0.25) is 0 Å². The van der Waals surface area contributed by atoms with E-state index >= 15 is 0 Å². The van der Waals surface area contributed by atoms with Gasteiger partial charge in [-0.05, 0) is 54.3 Å². The molecule has 0 bridgehead atoms. The molecule has 0 saturated heterocycles. The zero-order chi connectivity index (χ0) is 14.5. The van der Waals surface area contributed by atoms with Crippen molar-refractivity contribution in [2.45, 2.75) is 18.9 Å². The van der Waals surface area contributed by atoms with Crippen LogP contribution in [0.4, 0.5) is 0 Å². The van der Waals surface area contributed by atoms with Gasteiger partial charge in [-0.25, -0.2) is 0 Å². The van der Waals surface area contributed by atoms with E-state index in [1.165, 1.54) is 11.1 Å². The van der Waals surface area contributed by atoms with Gasteiger partial charge in [-0.3, -0.25) is 0 Å². The van der Waals surface area contributed by atoms with Crippen molar-refractivity contribution in [3.8, 4) is 5.75 Å². The number of hydrogen-bond acceptors (Lipinski definition) is 2. The smallest absolute Gasteiger partial charge is 0.119 e. The predicted octanol–water partition coefficient (Wildman–Crippen LogP) is 4.33. The van der Waals surface area contributed by atoms with Gasteiger partial charge in [0.25, 0.3) is 0 Å². The van der Waals surface area contributed by atoms with Crippen LogP contribution in [0.15, 0.2) is 51.4 Å². The van der Waals surface area contributed by atoms with Crippen LogP contribution in [0.1, 0.15) is 11.1 Å². The molecule has 0 aliphatic heterocycles.